The van der Waals surface area contributed by atoms with E-state index < -0.39 is 11.9 Å². The number of carboxylic acids is 1. The molecule has 2 fully saturated rings. The zero-order chi connectivity index (χ0) is 14.4. The van der Waals surface area contributed by atoms with Gasteiger partial charge in [0.15, 0.2) is 0 Å². The van der Waals surface area contributed by atoms with Crippen molar-refractivity contribution in [2.75, 3.05) is 0 Å². The summed E-state index contributed by atoms with van der Waals surface area (Å²) in [5.41, 5.74) is 0.327. The van der Waals surface area contributed by atoms with Gasteiger partial charge in [-0.1, -0.05) is 23.2 Å². The van der Waals surface area contributed by atoms with Crippen LogP contribution < -0.4 is 5.32 Å². The quantitative estimate of drug-likeness (QED) is 0.891. The molecule has 2 saturated carbocycles. The summed E-state index contributed by atoms with van der Waals surface area (Å²) < 4.78 is 0.783. The number of hydrogen-bond donors (Lipinski definition) is 2. The summed E-state index contributed by atoms with van der Waals surface area (Å²) in [6.07, 6.45) is 2.82. The van der Waals surface area contributed by atoms with Gasteiger partial charge >= 0.3 is 5.97 Å². The average molecular weight is 334 g/mol. The minimum Gasteiger partial charge on any atom is -0.481 e. The van der Waals surface area contributed by atoms with Crippen molar-refractivity contribution in [3.8, 4) is 0 Å². The molecule has 108 valence electrons. The Balaban J connectivity index is 1.78. The van der Waals surface area contributed by atoms with E-state index >= 15 is 0 Å². The van der Waals surface area contributed by atoms with E-state index in [1.165, 1.54) is 6.07 Å². The summed E-state index contributed by atoms with van der Waals surface area (Å²) in [7, 11) is 0. The summed E-state index contributed by atoms with van der Waals surface area (Å²) in [5.74, 6) is -1.19. The fourth-order valence-corrected chi connectivity index (χ4v) is 5.04. The van der Waals surface area contributed by atoms with Gasteiger partial charge in [0, 0.05) is 6.04 Å². The Morgan fingerprint density at radius 3 is 2.60 bits per heavy atom. The molecule has 0 radical (unpaired) electrons. The third kappa shape index (κ3) is 2.32. The smallest absolute Gasteiger partial charge is 0.308 e. The van der Waals surface area contributed by atoms with Gasteiger partial charge in [-0.05, 0) is 37.2 Å². The Kier molecular flexibility index (Phi) is 3.69. The maximum Gasteiger partial charge on any atom is 0.308 e. The molecule has 0 spiro atoms. The van der Waals surface area contributed by atoms with Crippen molar-refractivity contribution in [1.29, 1.82) is 0 Å². The van der Waals surface area contributed by atoms with Crippen LogP contribution in [0.5, 0.6) is 0 Å². The molecule has 4 nitrogen and oxygen atoms in total. The van der Waals surface area contributed by atoms with E-state index in [1.54, 1.807) is 0 Å². The summed E-state index contributed by atoms with van der Waals surface area (Å²) in [6, 6.07) is 1.22. The Hall–Kier alpha value is -0.780. The SMILES string of the molecule is O=C(NC1C2CCC(C2)C1C(=O)O)c1cc(Cl)sc1Cl. The highest BCUT2D eigenvalue weighted by Gasteiger charge is 2.51. The number of aliphatic carboxylic acids is 1. The van der Waals surface area contributed by atoms with Crippen LogP contribution >= 0.6 is 34.5 Å². The van der Waals surface area contributed by atoms with Crippen LogP contribution in [0.15, 0.2) is 6.07 Å². The van der Waals surface area contributed by atoms with E-state index in [2.05, 4.69) is 5.32 Å². The highest BCUT2D eigenvalue weighted by Crippen LogP contribution is 2.48. The number of hydrogen-bond acceptors (Lipinski definition) is 3. The van der Waals surface area contributed by atoms with Crippen molar-refractivity contribution < 1.29 is 14.7 Å². The Morgan fingerprint density at radius 2 is 2.00 bits per heavy atom. The standard InChI is InChI=1S/C13H13Cl2NO3S/c14-8-4-7(11(15)20-8)12(17)16-10-6-2-1-5(3-6)9(10)13(18)19/h4-6,9-10H,1-3H2,(H,16,17)(H,18,19). The number of rotatable bonds is 3. The van der Waals surface area contributed by atoms with Gasteiger partial charge in [0.2, 0.25) is 0 Å². The summed E-state index contributed by atoms with van der Waals surface area (Å²) in [5, 5.41) is 12.2. The Morgan fingerprint density at radius 1 is 1.30 bits per heavy atom. The summed E-state index contributed by atoms with van der Waals surface area (Å²) in [4.78, 5) is 23.6. The number of amides is 1. The predicted octanol–water partition coefficient (Wildman–Crippen LogP) is 3.28. The number of thiophene rings is 1. The van der Waals surface area contributed by atoms with Crippen molar-refractivity contribution >= 4 is 46.4 Å². The highest BCUT2D eigenvalue weighted by atomic mass is 35.5. The van der Waals surface area contributed by atoms with Gasteiger partial charge in [0.25, 0.3) is 5.91 Å². The lowest BCUT2D eigenvalue weighted by Gasteiger charge is -2.28. The number of carboxylic acid groups (broad SMARTS) is 1. The van der Waals surface area contributed by atoms with Crippen LogP contribution in [0.4, 0.5) is 0 Å². The molecule has 2 aliphatic carbocycles. The number of fused-ring (bicyclic) bond motifs is 2. The lowest BCUT2D eigenvalue weighted by molar-refractivity contribution is -0.144. The van der Waals surface area contributed by atoms with Crippen LogP contribution in [0.25, 0.3) is 0 Å². The van der Waals surface area contributed by atoms with Crippen molar-refractivity contribution in [1.82, 2.24) is 5.32 Å². The molecular formula is C13H13Cl2NO3S. The second-order valence-corrected chi connectivity index (χ2v) is 7.72. The molecule has 1 heterocycles. The van der Waals surface area contributed by atoms with Crippen LogP contribution in [0.3, 0.4) is 0 Å². The molecule has 20 heavy (non-hydrogen) atoms. The van der Waals surface area contributed by atoms with Crippen molar-refractivity contribution in [3.05, 3.63) is 20.3 Å². The molecule has 2 aliphatic rings. The molecule has 1 aromatic heterocycles. The van der Waals surface area contributed by atoms with E-state index in [0.29, 0.717) is 14.2 Å². The first-order valence-electron chi connectivity index (χ1n) is 6.46. The van der Waals surface area contributed by atoms with Crippen LogP contribution in [0.2, 0.25) is 8.67 Å². The van der Waals surface area contributed by atoms with Crippen molar-refractivity contribution in [2.24, 2.45) is 17.8 Å². The third-order valence-corrected chi connectivity index (χ3v) is 5.89. The van der Waals surface area contributed by atoms with Crippen LogP contribution in [0, 0.1) is 17.8 Å². The molecule has 1 amide bonds. The number of carbonyl (C=O) groups is 2. The number of nitrogens with one attached hydrogen (secondary N) is 1. The van der Waals surface area contributed by atoms with Crippen molar-refractivity contribution in [2.45, 2.75) is 25.3 Å². The molecule has 3 rings (SSSR count). The normalized spacial score (nSPS) is 31.5. The highest BCUT2D eigenvalue weighted by molar-refractivity contribution is 7.20. The van der Waals surface area contributed by atoms with Gasteiger partial charge in [-0.25, -0.2) is 0 Å². The summed E-state index contributed by atoms with van der Waals surface area (Å²) >= 11 is 12.9. The Labute approximate surface area is 130 Å². The largest absolute Gasteiger partial charge is 0.481 e. The van der Waals surface area contributed by atoms with Crippen molar-refractivity contribution in [3.63, 3.8) is 0 Å². The minimum absolute atomic E-state index is 0.185. The second kappa shape index (κ2) is 5.20. The van der Waals surface area contributed by atoms with E-state index in [9.17, 15) is 14.7 Å². The predicted molar refractivity (Wildman–Crippen MR) is 77.6 cm³/mol. The topological polar surface area (TPSA) is 66.4 Å². The van der Waals surface area contributed by atoms with E-state index in [-0.39, 0.29) is 23.8 Å². The van der Waals surface area contributed by atoms with Gasteiger partial charge in [0.05, 0.1) is 15.8 Å². The van der Waals surface area contributed by atoms with Crippen LogP contribution in [-0.2, 0) is 4.79 Å². The number of carbonyl (C=O) groups excluding carboxylic acids is 1. The average Bonchev–Trinajstić information content (AvgIpc) is 3.03. The number of halogens is 2. The molecule has 4 unspecified atom stereocenters. The fraction of sp³-hybridized carbons (Fsp3) is 0.538. The first-order chi connectivity index (χ1) is 9.47. The molecule has 2 bridgehead atoms. The summed E-state index contributed by atoms with van der Waals surface area (Å²) in [6.45, 7) is 0. The lowest BCUT2D eigenvalue weighted by atomic mass is 9.84. The zero-order valence-corrected chi connectivity index (χ0v) is 12.8. The zero-order valence-electron chi connectivity index (χ0n) is 10.4. The molecule has 4 atom stereocenters. The monoisotopic (exact) mass is 333 g/mol. The third-order valence-electron chi connectivity index (χ3n) is 4.40. The van der Waals surface area contributed by atoms with Gasteiger partial charge in [0.1, 0.15) is 4.34 Å². The van der Waals surface area contributed by atoms with Gasteiger partial charge in [-0.3, -0.25) is 9.59 Å². The Bertz CT molecular complexity index is 574. The fourth-order valence-electron chi connectivity index (χ4n) is 3.58. The molecule has 7 heteroatoms. The minimum atomic E-state index is -0.822. The van der Waals surface area contributed by atoms with Gasteiger partial charge in [-0.15, -0.1) is 11.3 Å². The first kappa shape index (κ1) is 14.2. The van der Waals surface area contributed by atoms with E-state index in [4.69, 9.17) is 23.2 Å². The molecule has 0 aromatic carbocycles. The second-order valence-electron chi connectivity index (χ2n) is 5.43. The molecule has 0 aliphatic heterocycles. The van der Waals surface area contributed by atoms with E-state index in [0.717, 1.165) is 30.6 Å². The van der Waals surface area contributed by atoms with Gasteiger partial charge < -0.3 is 10.4 Å². The van der Waals surface area contributed by atoms with Crippen LogP contribution in [0.1, 0.15) is 29.6 Å². The first-order valence-corrected chi connectivity index (χ1v) is 8.03. The maximum absolute atomic E-state index is 12.2. The maximum atomic E-state index is 12.2. The van der Waals surface area contributed by atoms with Gasteiger partial charge in [-0.2, -0.15) is 0 Å². The lowest BCUT2D eigenvalue weighted by Crippen LogP contribution is -2.46. The molecule has 0 saturated heterocycles. The molecular weight excluding hydrogens is 321 g/mol. The van der Waals surface area contributed by atoms with E-state index in [1.807, 2.05) is 0 Å². The molecule has 2 N–H and O–H groups in total. The molecule has 1 aromatic rings. The van der Waals surface area contributed by atoms with Crippen LogP contribution in [-0.4, -0.2) is 23.0 Å².